The van der Waals surface area contributed by atoms with Gasteiger partial charge < -0.3 is 19.9 Å². The van der Waals surface area contributed by atoms with E-state index < -0.39 is 34.2 Å². The van der Waals surface area contributed by atoms with Gasteiger partial charge in [-0.2, -0.15) is 0 Å². The minimum atomic E-state index is -1.83. The maximum atomic E-state index is 12.1. The first-order valence-corrected chi connectivity index (χ1v) is 6.69. The van der Waals surface area contributed by atoms with Gasteiger partial charge in [0.1, 0.15) is 6.10 Å². The highest BCUT2D eigenvalue weighted by Gasteiger charge is 2.27. The lowest BCUT2D eigenvalue weighted by molar-refractivity contribution is -0.386. The molecule has 0 aliphatic rings. The summed E-state index contributed by atoms with van der Waals surface area (Å²) in [5.74, 6) is -1.01. The fourth-order valence-electron chi connectivity index (χ4n) is 2.08. The molecule has 0 spiro atoms. The monoisotopic (exact) mass is 322 g/mol. The molecule has 23 heavy (non-hydrogen) atoms. The van der Waals surface area contributed by atoms with Gasteiger partial charge in [-0.05, 0) is 24.6 Å². The number of aromatic amines is 1. The maximum absolute atomic E-state index is 12.1. The number of ether oxygens (including phenoxy) is 1. The van der Waals surface area contributed by atoms with E-state index in [4.69, 9.17) is 0 Å². The van der Waals surface area contributed by atoms with E-state index in [-0.39, 0.29) is 17.6 Å². The molecule has 1 aromatic carbocycles. The van der Waals surface area contributed by atoms with Crippen LogP contribution in [0.5, 0.6) is 0 Å². The number of benzene rings is 1. The number of aliphatic hydroxyl groups is 2. The summed E-state index contributed by atoms with van der Waals surface area (Å²) in [5, 5.41) is 30.5. The Bertz CT molecular complexity index is 814. The average molecular weight is 322 g/mol. The predicted molar refractivity (Wildman–Crippen MR) is 78.8 cm³/mol. The van der Waals surface area contributed by atoms with Gasteiger partial charge in [0, 0.05) is 5.52 Å². The van der Waals surface area contributed by atoms with E-state index in [0.717, 1.165) is 6.20 Å². The lowest BCUT2D eigenvalue weighted by Crippen LogP contribution is -2.30. The Labute approximate surface area is 129 Å². The van der Waals surface area contributed by atoms with Crippen molar-refractivity contribution >= 4 is 22.6 Å². The molecule has 0 saturated heterocycles. The molecule has 0 radical (unpaired) electrons. The highest BCUT2D eigenvalue weighted by atomic mass is 16.6. The van der Waals surface area contributed by atoms with Crippen molar-refractivity contribution in [2.75, 3.05) is 6.61 Å². The zero-order chi connectivity index (χ0) is 17.1. The zero-order valence-corrected chi connectivity index (χ0v) is 12.1. The summed E-state index contributed by atoms with van der Waals surface area (Å²) in [4.78, 5) is 36.1. The molecule has 2 rings (SSSR count). The largest absolute Gasteiger partial charge is 0.464 e. The standard InChI is InChI=1S/C14H14N2O7/c1-2-23-14(20)13(19)11(17)7-3-4-9-8(5-7)12(18)10(6-15-9)16(21)22/h3-6,11,13,17,19H,2H2,1H3,(H,15,18). The fourth-order valence-corrected chi connectivity index (χ4v) is 2.08. The lowest BCUT2D eigenvalue weighted by atomic mass is 10.0. The molecule has 1 aromatic heterocycles. The van der Waals surface area contributed by atoms with E-state index in [1.165, 1.54) is 18.2 Å². The quantitative estimate of drug-likeness (QED) is 0.410. The Hall–Kier alpha value is -2.78. The van der Waals surface area contributed by atoms with Crippen LogP contribution in [-0.2, 0) is 9.53 Å². The van der Waals surface area contributed by atoms with Gasteiger partial charge in [-0.25, -0.2) is 4.79 Å². The third-order valence-corrected chi connectivity index (χ3v) is 3.25. The summed E-state index contributed by atoms with van der Waals surface area (Å²) in [6.07, 6.45) is -2.48. The molecule has 0 aliphatic carbocycles. The SMILES string of the molecule is CCOC(=O)C(O)C(O)c1ccc2[nH]cc([N+](=O)[O-])c(=O)c2c1. The van der Waals surface area contributed by atoms with E-state index >= 15 is 0 Å². The molecule has 9 nitrogen and oxygen atoms in total. The number of nitrogens with zero attached hydrogens (tertiary/aromatic N) is 1. The molecule has 0 aliphatic heterocycles. The molecule has 2 aromatic rings. The van der Waals surface area contributed by atoms with Crippen LogP contribution in [0.4, 0.5) is 5.69 Å². The number of carbonyl (C=O) groups excluding carboxylic acids is 1. The first-order chi connectivity index (χ1) is 10.9. The topological polar surface area (TPSA) is 143 Å². The molecule has 2 atom stereocenters. The van der Waals surface area contributed by atoms with Crippen LogP contribution < -0.4 is 5.43 Å². The highest BCUT2D eigenvalue weighted by Crippen LogP contribution is 2.22. The van der Waals surface area contributed by atoms with Crippen molar-refractivity contribution in [2.45, 2.75) is 19.1 Å². The average Bonchev–Trinajstić information content (AvgIpc) is 2.53. The van der Waals surface area contributed by atoms with Crippen LogP contribution in [-0.4, -0.2) is 38.8 Å². The van der Waals surface area contributed by atoms with Gasteiger partial charge in [0.15, 0.2) is 6.10 Å². The normalized spacial score (nSPS) is 13.5. The summed E-state index contributed by atoms with van der Waals surface area (Å²) >= 11 is 0. The molecule has 3 N–H and O–H groups in total. The second-order valence-corrected chi connectivity index (χ2v) is 4.71. The van der Waals surface area contributed by atoms with E-state index in [2.05, 4.69) is 9.72 Å². The van der Waals surface area contributed by atoms with Gasteiger partial charge in [-0.15, -0.1) is 0 Å². The maximum Gasteiger partial charge on any atom is 0.338 e. The molecule has 1 heterocycles. The number of nitrogens with one attached hydrogen (secondary N) is 1. The number of rotatable bonds is 5. The fraction of sp³-hybridized carbons (Fsp3) is 0.286. The van der Waals surface area contributed by atoms with Crippen LogP contribution in [0.25, 0.3) is 10.9 Å². The Morgan fingerprint density at radius 3 is 2.74 bits per heavy atom. The van der Waals surface area contributed by atoms with Crippen molar-refractivity contribution in [3.8, 4) is 0 Å². The number of hydrogen-bond acceptors (Lipinski definition) is 7. The van der Waals surface area contributed by atoms with Crippen LogP contribution in [0, 0.1) is 10.1 Å². The van der Waals surface area contributed by atoms with E-state index in [1.807, 2.05) is 0 Å². The molecular weight excluding hydrogens is 308 g/mol. The molecule has 2 unspecified atom stereocenters. The van der Waals surface area contributed by atoms with Crippen LogP contribution in [0.1, 0.15) is 18.6 Å². The molecule has 9 heteroatoms. The summed E-state index contributed by atoms with van der Waals surface area (Å²) in [6, 6.07) is 3.99. The molecule has 0 fully saturated rings. The lowest BCUT2D eigenvalue weighted by Gasteiger charge is -2.17. The third-order valence-electron chi connectivity index (χ3n) is 3.25. The van der Waals surface area contributed by atoms with E-state index in [1.54, 1.807) is 6.92 Å². The number of pyridine rings is 1. The third kappa shape index (κ3) is 3.20. The zero-order valence-electron chi connectivity index (χ0n) is 12.1. The first-order valence-electron chi connectivity index (χ1n) is 6.69. The van der Waals surface area contributed by atoms with Gasteiger partial charge in [0.25, 0.3) is 5.43 Å². The van der Waals surface area contributed by atoms with Gasteiger partial charge in [-0.3, -0.25) is 14.9 Å². The second-order valence-electron chi connectivity index (χ2n) is 4.71. The highest BCUT2D eigenvalue weighted by molar-refractivity contribution is 5.81. The smallest absolute Gasteiger partial charge is 0.338 e. The molecular formula is C14H14N2O7. The number of H-pyrrole nitrogens is 1. The summed E-state index contributed by atoms with van der Waals surface area (Å²) in [7, 11) is 0. The number of nitro groups is 1. The van der Waals surface area contributed by atoms with E-state index in [9.17, 15) is 29.9 Å². The Balaban J connectivity index is 2.47. The first kappa shape index (κ1) is 16.6. The number of hydrogen-bond donors (Lipinski definition) is 3. The minimum Gasteiger partial charge on any atom is -0.464 e. The predicted octanol–water partition coefficient (Wildman–Crippen LogP) is 0.394. The molecule has 0 amide bonds. The van der Waals surface area contributed by atoms with Crippen LogP contribution >= 0.6 is 0 Å². The minimum absolute atomic E-state index is 0.0339. The van der Waals surface area contributed by atoms with Crippen molar-refractivity contribution in [2.24, 2.45) is 0 Å². The van der Waals surface area contributed by atoms with Crippen LogP contribution in [0.2, 0.25) is 0 Å². The van der Waals surface area contributed by atoms with Crippen molar-refractivity contribution < 1.29 is 24.7 Å². The number of fused-ring (bicyclic) bond motifs is 1. The van der Waals surface area contributed by atoms with Crippen molar-refractivity contribution in [1.82, 2.24) is 4.98 Å². The van der Waals surface area contributed by atoms with Crippen LogP contribution in [0.15, 0.2) is 29.2 Å². The summed E-state index contributed by atoms with van der Waals surface area (Å²) < 4.78 is 4.60. The van der Waals surface area contributed by atoms with Crippen molar-refractivity contribution in [3.63, 3.8) is 0 Å². The summed E-state index contributed by atoms with van der Waals surface area (Å²) in [5.41, 5.74) is -1.09. The van der Waals surface area contributed by atoms with Crippen LogP contribution in [0.3, 0.4) is 0 Å². The number of aliphatic hydroxyl groups excluding tert-OH is 2. The van der Waals surface area contributed by atoms with Crippen molar-refractivity contribution in [1.29, 1.82) is 0 Å². The van der Waals surface area contributed by atoms with Gasteiger partial charge in [0.2, 0.25) is 0 Å². The molecule has 122 valence electrons. The number of aromatic nitrogens is 1. The second kappa shape index (κ2) is 6.55. The van der Waals surface area contributed by atoms with Gasteiger partial charge in [-0.1, -0.05) is 6.07 Å². The Morgan fingerprint density at radius 2 is 2.13 bits per heavy atom. The molecule has 0 saturated carbocycles. The Morgan fingerprint density at radius 1 is 1.43 bits per heavy atom. The summed E-state index contributed by atoms with van der Waals surface area (Å²) in [6.45, 7) is 1.58. The van der Waals surface area contributed by atoms with Gasteiger partial charge >= 0.3 is 11.7 Å². The van der Waals surface area contributed by atoms with E-state index in [0.29, 0.717) is 5.52 Å². The number of carbonyl (C=O) groups is 1. The Kier molecular flexibility index (Phi) is 4.72. The van der Waals surface area contributed by atoms with Crippen molar-refractivity contribution in [3.05, 3.63) is 50.3 Å². The van der Waals surface area contributed by atoms with Gasteiger partial charge in [0.05, 0.1) is 23.1 Å². The number of esters is 1. The molecule has 0 bridgehead atoms.